The van der Waals surface area contributed by atoms with Gasteiger partial charge in [0.15, 0.2) is 0 Å². The van der Waals surface area contributed by atoms with Crippen molar-refractivity contribution in [2.75, 3.05) is 5.32 Å². The van der Waals surface area contributed by atoms with Gasteiger partial charge in [-0.05, 0) is 25.5 Å². The highest BCUT2D eigenvalue weighted by atomic mass is 16.6. The molecule has 0 unspecified atom stereocenters. The lowest BCUT2D eigenvalue weighted by Crippen LogP contribution is -2.27. The van der Waals surface area contributed by atoms with Crippen molar-refractivity contribution in [1.29, 1.82) is 0 Å². The van der Waals surface area contributed by atoms with Crippen LogP contribution >= 0.6 is 0 Å². The number of amides is 1. The summed E-state index contributed by atoms with van der Waals surface area (Å²) in [5.74, 6) is -0.348. The number of nitro benzene ring substituents is 1. The van der Waals surface area contributed by atoms with E-state index in [4.69, 9.17) is 4.74 Å². The third-order valence-corrected chi connectivity index (χ3v) is 3.39. The minimum Gasteiger partial charge on any atom is -0.364 e. The van der Waals surface area contributed by atoms with E-state index in [2.05, 4.69) is 5.32 Å². The monoisotopic (exact) mass is 314 g/mol. The zero-order chi connectivity index (χ0) is 16.8. The zero-order valence-corrected chi connectivity index (χ0v) is 13.0. The first-order valence-corrected chi connectivity index (χ1v) is 7.19. The van der Waals surface area contributed by atoms with Gasteiger partial charge in [-0.25, -0.2) is 0 Å². The number of nitro groups is 1. The van der Waals surface area contributed by atoms with Crippen LogP contribution in [0.15, 0.2) is 48.5 Å². The Bertz CT molecular complexity index is 701. The van der Waals surface area contributed by atoms with Gasteiger partial charge in [0.05, 0.1) is 11.5 Å². The number of aryl methyl sites for hydroxylation is 1. The highest BCUT2D eigenvalue weighted by Gasteiger charge is 2.16. The number of ether oxygens (including phenoxy) is 1. The van der Waals surface area contributed by atoms with Gasteiger partial charge in [-0.1, -0.05) is 36.4 Å². The average Bonchev–Trinajstić information content (AvgIpc) is 2.55. The Labute approximate surface area is 134 Å². The molecule has 0 radical (unpaired) electrons. The Morgan fingerprint density at radius 2 is 1.96 bits per heavy atom. The summed E-state index contributed by atoms with van der Waals surface area (Å²) < 4.78 is 5.52. The van der Waals surface area contributed by atoms with Crippen molar-refractivity contribution < 1.29 is 14.5 Å². The van der Waals surface area contributed by atoms with Crippen LogP contribution in [0.3, 0.4) is 0 Å². The summed E-state index contributed by atoms with van der Waals surface area (Å²) in [6, 6.07) is 14.1. The normalized spacial score (nSPS) is 11.7. The molecule has 0 heterocycles. The molecular weight excluding hydrogens is 296 g/mol. The lowest BCUT2D eigenvalue weighted by molar-refractivity contribution is -0.385. The van der Waals surface area contributed by atoms with Crippen molar-refractivity contribution in [3.05, 3.63) is 69.8 Å². The number of hydrogen-bond donors (Lipinski definition) is 1. The third-order valence-electron chi connectivity index (χ3n) is 3.39. The zero-order valence-electron chi connectivity index (χ0n) is 13.0. The number of benzene rings is 2. The van der Waals surface area contributed by atoms with Crippen molar-refractivity contribution in [1.82, 2.24) is 0 Å². The first-order valence-electron chi connectivity index (χ1n) is 7.19. The van der Waals surface area contributed by atoms with Gasteiger partial charge >= 0.3 is 0 Å². The molecule has 0 bridgehead atoms. The van der Waals surface area contributed by atoms with Gasteiger partial charge in [0, 0.05) is 17.3 Å². The fourth-order valence-corrected chi connectivity index (χ4v) is 2.00. The van der Waals surface area contributed by atoms with E-state index in [0.717, 1.165) is 5.56 Å². The summed E-state index contributed by atoms with van der Waals surface area (Å²) in [6.45, 7) is 3.61. The molecule has 0 saturated carbocycles. The van der Waals surface area contributed by atoms with Crippen LogP contribution in [-0.2, 0) is 16.1 Å². The molecule has 23 heavy (non-hydrogen) atoms. The Morgan fingerprint density at radius 1 is 1.26 bits per heavy atom. The quantitative estimate of drug-likeness (QED) is 0.654. The lowest BCUT2D eigenvalue weighted by Gasteiger charge is -2.13. The maximum Gasteiger partial charge on any atom is 0.274 e. The van der Waals surface area contributed by atoms with E-state index >= 15 is 0 Å². The molecule has 1 N–H and O–H groups in total. The molecule has 2 aromatic rings. The molecule has 0 aliphatic heterocycles. The smallest absolute Gasteiger partial charge is 0.274 e. The fraction of sp³-hybridized carbons (Fsp3) is 0.235. The molecule has 2 rings (SSSR count). The summed E-state index contributed by atoms with van der Waals surface area (Å²) in [5, 5.41) is 13.6. The predicted octanol–water partition coefficient (Wildman–Crippen LogP) is 3.45. The van der Waals surface area contributed by atoms with Crippen molar-refractivity contribution in [3.63, 3.8) is 0 Å². The molecule has 0 aromatic heterocycles. The van der Waals surface area contributed by atoms with E-state index < -0.39 is 11.0 Å². The Kier molecular flexibility index (Phi) is 5.43. The van der Waals surface area contributed by atoms with E-state index in [1.807, 2.05) is 30.3 Å². The number of nitrogens with one attached hydrogen (secondary N) is 1. The number of carbonyl (C=O) groups is 1. The van der Waals surface area contributed by atoms with E-state index in [1.54, 1.807) is 26.0 Å². The van der Waals surface area contributed by atoms with Crippen LogP contribution in [0.25, 0.3) is 0 Å². The highest BCUT2D eigenvalue weighted by Crippen LogP contribution is 2.22. The summed E-state index contributed by atoms with van der Waals surface area (Å²) in [4.78, 5) is 22.5. The van der Waals surface area contributed by atoms with Gasteiger partial charge in [0.25, 0.3) is 11.6 Å². The van der Waals surface area contributed by atoms with Gasteiger partial charge in [-0.3, -0.25) is 14.9 Å². The second-order valence-corrected chi connectivity index (χ2v) is 5.19. The molecule has 0 fully saturated rings. The largest absolute Gasteiger partial charge is 0.364 e. The fourth-order valence-electron chi connectivity index (χ4n) is 2.00. The van der Waals surface area contributed by atoms with Crippen molar-refractivity contribution in [3.8, 4) is 0 Å². The average molecular weight is 314 g/mol. The lowest BCUT2D eigenvalue weighted by atomic mass is 10.2. The van der Waals surface area contributed by atoms with Crippen LogP contribution in [0, 0.1) is 17.0 Å². The third kappa shape index (κ3) is 4.62. The number of nitrogens with zero attached hydrogens (tertiary/aromatic N) is 1. The van der Waals surface area contributed by atoms with Crippen molar-refractivity contribution in [2.45, 2.75) is 26.6 Å². The molecule has 1 atom stereocenters. The second kappa shape index (κ2) is 7.51. The first-order chi connectivity index (χ1) is 11.0. The molecular formula is C17H18N2O4. The summed E-state index contributed by atoms with van der Waals surface area (Å²) in [6.07, 6.45) is -0.671. The van der Waals surface area contributed by atoms with Crippen molar-refractivity contribution >= 4 is 17.3 Å². The molecule has 0 saturated heterocycles. The molecule has 2 aromatic carbocycles. The van der Waals surface area contributed by atoms with E-state index in [-0.39, 0.29) is 11.6 Å². The minimum absolute atomic E-state index is 0.0272. The van der Waals surface area contributed by atoms with Crippen LogP contribution in [0.4, 0.5) is 11.4 Å². The second-order valence-electron chi connectivity index (χ2n) is 5.19. The Balaban J connectivity index is 1.95. The summed E-state index contributed by atoms with van der Waals surface area (Å²) in [7, 11) is 0. The molecule has 120 valence electrons. The minimum atomic E-state index is -0.671. The summed E-state index contributed by atoms with van der Waals surface area (Å²) in [5.41, 5.74) is 1.86. The van der Waals surface area contributed by atoms with Gasteiger partial charge in [0.2, 0.25) is 0 Å². The molecule has 6 heteroatoms. The molecule has 0 spiro atoms. The molecule has 6 nitrogen and oxygen atoms in total. The van der Waals surface area contributed by atoms with Gasteiger partial charge in [-0.2, -0.15) is 0 Å². The van der Waals surface area contributed by atoms with Crippen LogP contribution in [0.5, 0.6) is 0 Å². The highest BCUT2D eigenvalue weighted by molar-refractivity contribution is 5.94. The SMILES string of the molecule is Cc1ccc(NC(=O)[C@H](C)OCc2ccccc2)cc1[N+](=O)[O-]. The van der Waals surface area contributed by atoms with Gasteiger partial charge < -0.3 is 10.1 Å². The predicted molar refractivity (Wildman–Crippen MR) is 87.2 cm³/mol. The van der Waals surface area contributed by atoms with E-state index in [1.165, 1.54) is 6.07 Å². The van der Waals surface area contributed by atoms with Crippen LogP contribution in [0.1, 0.15) is 18.1 Å². The number of anilines is 1. The number of rotatable bonds is 6. The van der Waals surface area contributed by atoms with Crippen LogP contribution in [0.2, 0.25) is 0 Å². The van der Waals surface area contributed by atoms with Crippen LogP contribution < -0.4 is 5.32 Å². The Morgan fingerprint density at radius 3 is 2.61 bits per heavy atom. The number of hydrogen-bond acceptors (Lipinski definition) is 4. The maximum atomic E-state index is 12.1. The number of carbonyl (C=O) groups excluding carboxylic acids is 1. The standard InChI is InChI=1S/C17H18N2O4/c1-12-8-9-15(10-16(12)19(21)22)18-17(20)13(2)23-11-14-6-4-3-5-7-14/h3-10,13H,11H2,1-2H3,(H,18,20)/t13-/m0/s1. The van der Waals surface area contributed by atoms with Gasteiger partial charge in [-0.15, -0.1) is 0 Å². The first kappa shape index (κ1) is 16.6. The Hall–Kier alpha value is -2.73. The van der Waals surface area contributed by atoms with E-state index in [9.17, 15) is 14.9 Å². The summed E-state index contributed by atoms with van der Waals surface area (Å²) >= 11 is 0. The molecule has 1 amide bonds. The van der Waals surface area contributed by atoms with Gasteiger partial charge in [0.1, 0.15) is 6.10 Å². The topological polar surface area (TPSA) is 81.5 Å². The molecule has 0 aliphatic rings. The molecule has 0 aliphatic carbocycles. The van der Waals surface area contributed by atoms with Crippen molar-refractivity contribution in [2.24, 2.45) is 0 Å². The maximum absolute atomic E-state index is 12.1. The van der Waals surface area contributed by atoms with E-state index in [0.29, 0.717) is 17.9 Å². The van der Waals surface area contributed by atoms with Crippen LogP contribution in [-0.4, -0.2) is 16.9 Å².